The van der Waals surface area contributed by atoms with E-state index in [9.17, 15) is 14.4 Å². The molecule has 0 saturated carbocycles. The largest absolute Gasteiger partial charge is 0.449 e. The summed E-state index contributed by atoms with van der Waals surface area (Å²) in [6.45, 7) is 6.25. The topological polar surface area (TPSA) is 87.7 Å². The lowest BCUT2D eigenvalue weighted by Gasteiger charge is -2.33. The fourth-order valence-electron chi connectivity index (χ4n) is 4.03. The van der Waals surface area contributed by atoms with Crippen molar-refractivity contribution in [2.75, 3.05) is 22.1 Å². The summed E-state index contributed by atoms with van der Waals surface area (Å²) in [6, 6.07) is 10.7. The molecule has 2 N–H and O–H groups in total. The lowest BCUT2D eigenvalue weighted by Crippen LogP contribution is -2.43. The number of nitrogens with one attached hydrogen (secondary N) is 2. The molecule has 1 saturated heterocycles. The summed E-state index contributed by atoms with van der Waals surface area (Å²) in [6.07, 6.45) is 0.836. The normalized spacial score (nSPS) is 18.2. The first-order chi connectivity index (χ1) is 14.3. The average molecular weight is 407 g/mol. The number of carbonyl (C=O) groups is 3. The molecule has 7 heteroatoms. The van der Waals surface area contributed by atoms with Crippen molar-refractivity contribution in [3.8, 4) is 0 Å². The molecule has 4 rings (SSSR count). The Labute approximate surface area is 175 Å². The second-order valence-electron chi connectivity index (χ2n) is 7.93. The van der Waals surface area contributed by atoms with E-state index in [-0.39, 0.29) is 17.5 Å². The molecule has 0 spiro atoms. The Morgan fingerprint density at radius 1 is 1.20 bits per heavy atom. The maximum atomic E-state index is 12.6. The maximum absolute atomic E-state index is 12.6. The van der Waals surface area contributed by atoms with Crippen LogP contribution >= 0.6 is 0 Å². The zero-order chi connectivity index (χ0) is 21.4. The number of hydrogen-bond acceptors (Lipinski definition) is 5. The molecule has 2 atom stereocenters. The Hall–Kier alpha value is -3.35. The quantitative estimate of drug-likeness (QED) is 0.759. The zero-order valence-corrected chi connectivity index (χ0v) is 17.3. The van der Waals surface area contributed by atoms with Crippen LogP contribution in [0.4, 0.5) is 17.1 Å². The van der Waals surface area contributed by atoms with Gasteiger partial charge in [0.2, 0.25) is 5.91 Å². The Morgan fingerprint density at radius 2 is 2.00 bits per heavy atom. The molecule has 2 aromatic rings. The van der Waals surface area contributed by atoms with E-state index in [0.29, 0.717) is 11.4 Å². The molecule has 30 heavy (non-hydrogen) atoms. The number of anilines is 3. The molecule has 0 radical (unpaired) electrons. The number of carbonyl (C=O) groups excluding carboxylic acids is 3. The van der Waals surface area contributed by atoms with Gasteiger partial charge in [-0.15, -0.1) is 0 Å². The fourth-order valence-corrected chi connectivity index (χ4v) is 4.03. The molecule has 0 unspecified atom stereocenters. The first kappa shape index (κ1) is 19.9. The zero-order valence-electron chi connectivity index (χ0n) is 17.3. The Bertz CT molecular complexity index is 1030. The van der Waals surface area contributed by atoms with Crippen molar-refractivity contribution < 1.29 is 19.1 Å². The van der Waals surface area contributed by atoms with E-state index in [2.05, 4.69) is 15.5 Å². The molecule has 0 aliphatic carbocycles. The van der Waals surface area contributed by atoms with E-state index >= 15 is 0 Å². The Morgan fingerprint density at radius 3 is 2.77 bits per heavy atom. The van der Waals surface area contributed by atoms with Crippen LogP contribution in [0.15, 0.2) is 36.4 Å². The maximum Gasteiger partial charge on any atom is 0.338 e. The lowest BCUT2D eigenvalue weighted by atomic mass is 10.1. The minimum Gasteiger partial charge on any atom is -0.449 e. The smallest absolute Gasteiger partial charge is 0.338 e. The summed E-state index contributed by atoms with van der Waals surface area (Å²) < 4.78 is 5.36. The predicted molar refractivity (Wildman–Crippen MR) is 115 cm³/mol. The Kier molecular flexibility index (Phi) is 5.20. The van der Waals surface area contributed by atoms with Gasteiger partial charge in [0.15, 0.2) is 6.10 Å². The summed E-state index contributed by atoms with van der Waals surface area (Å²) in [5.74, 6) is -1.06. The van der Waals surface area contributed by atoms with Gasteiger partial charge >= 0.3 is 5.97 Å². The van der Waals surface area contributed by atoms with Crippen LogP contribution in [0.5, 0.6) is 0 Å². The van der Waals surface area contributed by atoms with E-state index in [1.807, 2.05) is 38.1 Å². The average Bonchev–Trinajstić information content (AvgIpc) is 3.20. The summed E-state index contributed by atoms with van der Waals surface area (Å²) in [4.78, 5) is 39.4. The van der Waals surface area contributed by atoms with Crippen LogP contribution in [0.25, 0.3) is 0 Å². The summed E-state index contributed by atoms with van der Waals surface area (Å²) in [5.41, 5.74) is 4.52. The van der Waals surface area contributed by atoms with Crippen molar-refractivity contribution in [2.45, 2.75) is 45.8 Å². The van der Waals surface area contributed by atoms with Crippen molar-refractivity contribution >= 4 is 34.8 Å². The van der Waals surface area contributed by atoms with Gasteiger partial charge in [0, 0.05) is 12.2 Å². The van der Waals surface area contributed by atoms with Gasteiger partial charge in [-0.05, 0) is 63.4 Å². The number of hydrogen-bond donors (Lipinski definition) is 2. The number of fused-ring (bicyclic) bond motifs is 3. The van der Waals surface area contributed by atoms with Crippen LogP contribution in [0.1, 0.15) is 41.3 Å². The third kappa shape index (κ3) is 3.75. The number of aryl methyl sites for hydroxylation is 2. The highest BCUT2D eigenvalue weighted by atomic mass is 16.5. The molecule has 2 amide bonds. The monoisotopic (exact) mass is 407 g/mol. The predicted octanol–water partition coefficient (Wildman–Crippen LogP) is 3.41. The second-order valence-corrected chi connectivity index (χ2v) is 7.93. The SMILES string of the molecule is Cc1ccc(NC(=O)[C@@H](C)OC(=O)c2ccc3c(c2)NC(=O)[C@H]2CCCN32)c(C)c1. The number of nitrogens with zero attached hydrogens (tertiary/aromatic N) is 1. The minimum atomic E-state index is -0.966. The molecule has 2 heterocycles. The number of esters is 1. The molecule has 1 fully saturated rings. The van der Waals surface area contributed by atoms with Gasteiger partial charge in [0.1, 0.15) is 6.04 Å². The number of benzene rings is 2. The molecule has 2 aliphatic rings. The van der Waals surface area contributed by atoms with Crippen molar-refractivity contribution in [1.29, 1.82) is 0 Å². The molecule has 2 aliphatic heterocycles. The summed E-state index contributed by atoms with van der Waals surface area (Å²) in [7, 11) is 0. The third-order valence-corrected chi connectivity index (χ3v) is 5.65. The van der Waals surface area contributed by atoms with Crippen molar-refractivity contribution in [3.05, 3.63) is 53.1 Å². The minimum absolute atomic E-state index is 0.0493. The van der Waals surface area contributed by atoms with Gasteiger partial charge in [0.25, 0.3) is 5.91 Å². The van der Waals surface area contributed by atoms with Crippen molar-refractivity contribution in [1.82, 2.24) is 0 Å². The van der Waals surface area contributed by atoms with Gasteiger partial charge in [-0.25, -0.2) is 4.79 Å². The molecule has 0 bridgehead atoms. The van der Waals surface area contributed by atoms with Crippen LogP contribution in [0.2, 0.25) is 0 Å². The van der Waals surface area contributed by atoms with Gasteiger partial charge in [-0.1, -0.05) is 17.7 Å². The van der Waals surface area contributed by atoms with E-state index in [1.165, 1.54) is 6.92 Å². The molecule has 2 aromatic carbocycles. The van der Waals surface area contributed by atoms with Gasteiger partial charge < -0.3 is 20.3 Å². The van der Waals surface area contributed by atoms with Crippen LogP contribution < -0.4 is 15.5 Å². The molecule has 156 valence electrons. The summed E-state index contributed by atoms with van der Waals surface area (Å²) >= 11 is 0. The van der Waals surface area contributed by atoms with E-state index in [0.717, 1.165) is 36.2 Å². The van der Waals surface area contributed by atoms with Crippen LogP contribution in [-0.2, 0) is 14.3 Å². The molecule has 0 aromatic heterocycles. The van der Waals surface area contributed by atoms with Gasteiger partial charge in [-0.2, -0.15) is 0 Å². The highest BCUT2D eigenvalue weighted by Gasteiger charge is 2.36. The van der Waals surface area contributed by atoms with Crippen molar-refractivity contribution in [3.63, 3.8) is 0 Å². The molecular weight excluding hydrogens is 382 g/mol. The van der Waals surface area contributed by atoms with Crippen LogP contribution in [0.3, 0.4) is 0 Å². The van der Waals surface area contributed by atoms with Crippen LogP contribution in [-0.4, -0.2) is 36.5 Å². The Balaban J connectivity index is 1.44. The summed E-state index contributed by atoms with van der Waals surface area (Å²) in [5, 5.41) is 5.67. The number of amides is 2. The highest BCUT2D eigenvalue weighted by Crippen LogP contribution is 2.37. The van der Waals surface area contributed by atoms with Crippen LogP contribution in [0, 0.1) is 13.8 Å². The van der Waals surface area contributed by atoms with E-state index in [1.54, 1.807) is 12.1 Å². The van der Waals surface area contributed by atoms with Gasteiger partial charge in [0.05, 0.1) is 16.9 Å². The molecule has 7 nitrogen and oxygen atoms in total. The fraction of sp³-hybridized carbons (Fsp3) is 0.348. The standard InChI is InChI=1S/C23H25N3O4/c1-13-6-8-17(14(2)11-13)24-21(27)15(3)30-23(29)16-7-9-19-18(12-16)25-22(28)20-5-4-10-26(19)20/h6-9,11-12,15,20H,4-5,10H2,1-3H3,(H,24,27)(H,25,28)/t15-,20-/m1/s1. The highest BCUT2D eigenvalue weighted by molar-refractivity contribution is 6.06. The number of ether oxygens (including phenoxy) is 1. The van der Waals surface area contributed by atoms with E-state index in [4.69, 9.17) is 4.74 Å². The first-order valence-corrected chi connectivity index (χ1v) is 10.1. The van der Waals surface area contributed by atoms with Crippen molar-refractivity contribution in [2.24, 2.45) is 0 Å². The van der Waals surface area contributed by atoms with E-state index < -0.39 is 18.0 Å². The lowest BCUT2D eigenvalue weighted by molar-refractivity contribution is -0.123. The third-order valence-electron chi connectivity index (χ3n) is 5.65. The second kappa shape index (κ2) is 7.82. The first-order valence-electron chi connectivity index (χ1n) is 10.1. The molecular formula is C23H25N3O4. The number of rotatable bonds is 4. The van der Waals surface area contributed by atoms with Gasteiger partial charge in [-0.3, -0.25) is 9.59 Å².